The molecule has 0 radical (unpaired) electrons. The Bertz CT molecular complexity index is 957. The molecule has 0 aromatic heterocycles. The van der Waals surface area contributed by atoms with Crippen molar-refractivity contribution < 1.29 is 18.0 Å². The van der Waals surface area contributed by atoms with Crippen molar-refractivity contribution in [3.05, 3.63) is 65.2 Å². The highest BCUT2D eigenvalue weighted by Gasteiger charge is 2.28. The van der Waals surface area contributed by atoms with Crippen molar-refractivity contribution in [1.82, 2.24) is 9.37 Å². The minimum absolute atomic E-state index is 0.0553. The molecule has 2 aromatic rings. The number of rotatable bonds is 7. The zero-order valence-corrected chi connectivity index (χ0v) is 18.0. The molecule has 0 spiro atoms. The van der Waals surface area contributed by atoms with Gasteiger partial charge in [-0.05, 0) is 61.1 Å². The normalized spacial score (nSPS) is 16.5. The molecule has 0 N–H and O–H groups in total. The number of fused-ring (bicyclic) bond motifs is 1. The summed E-state index contributed by atoms with van der Waals surface area (Å²) in [5.74, 6) is -0.0553. The molecule has 0 bridgehead atoms. The smallest absolute Gasteiger partial charge is 0.264 e. The molecule has 1 amide bonds. The number of amides is 1. The first-order valence-electron chi connectivity index (χ1n) is 9.89. The van der Waals surface area contributed by atoms with Crippen LogP contribution >= 0.6 is 0 Å². The highest BCUT2D eigenvalue weighted by Crippen LogP contribution is 2.26. The Morgan fingerprint density at radius 1 is 1.10 bits per heavy atom. The third kappa shape index (κ3) is 4.52. The fourth-order valence-corrected chi connectivity index (χ4v) is 4.79. The van der Waals surface area contributed by atoms with Crippen molar-refractivity contribution in [1.29, 1.82) is 0 Å². The maximum absolute atomic E-state index is 13.2. The molecule has 1 unspecified atom stereocenters. The number of hydrogen-bond acceptors (Lipinski definition) is 4. The van der Waals surface area contributed by atoms with E-state index in [4.69, 9.17) is 4.84 Å². The lowest BCUT2D eigenvalue weighted by Gasteiger charge is -2.35. The molecular formula is C22H28N2O4S. The number of nitrogens with zero attached hydrogens (tertiary/aromatic N) is 2. The quantitative estimate of drug-likeness (QED) is 0.650. The van der Waals surface area contributed by atoms with Crippen LogP contribution in [-0.2, 0) is 27.7 Å². The molecule has 1 aliphatic carbocycles. The fourth-order valence-electron chi connectivity index (χ4n) is 3.82. The number of carbonyl (C=O) groups is 1. The van der Waals surface area contributed by atoms with E-state index in [1.54, 1.807) is 12.1 Å². The van der Waals surface area contributed by atoms with Crippen LogP contribution in [0.25, 0.3) is 0 Å². The van der Waals surface area contributed by atoms with Crippen LogP contribution in [0, 0.1) is 0 Å². The van der Waals surface area contributed by atoms with E-state index < -0.39 is 10.0 Å². The van der Waals surface area contributed by atoms with Gasteiger partial charge in [0.05, 0.1) is 12.0 Å². The first-order chi connectivity index (χ1) is 13.9. The van der Waals surface area contributed by atoms with Gasteiger partial charge in [-0.2, -0.15) is 0 Å². The predicted molar refractivity (Wildman–Crippen MR) is 112 cm³/mol. The van der Waals surface area contributed by atoms with Crippen LogP contribution in [0.3, 0.4) is 0 Å². The third-order valence-electron chi connectivity index (χ3n) is 5.48. The summed E-state index contributed by atoms with van der Waals surface area (Å²) < 4.78 is 25.5. The van der Waals surface area contributed by atoms with Gasteiger partial charge < -0.3 is 4.90 Å². The molecule has 0 heterocycles. The van der Waals surface area contributed by atoms with E-state index in [1.165, 1.54) is 37.4 Å². The van der Waals surface area contributed by atoms with Crippen LogP contribution in [0.1, 0.15) is 41.3 Å². The Morgan fingerprint density at radius 3 is 2.38 bits per heavy atom. The van der Waals surface area contributed by atoms with Crippen LogP contribution in [-0.4, -0.2) is 50.4 Å². The van der Waals surface area contributed by atoms with Crippen molar-refractivity contribution >= 4 is 15.9 Å². The first kappa shape index (κ1) is 21.5. The Kier molecular flexibility index (Phi) is 6.72. The highest BCUT2D eigenvalue weighted by atomic mass is 32.2. The van der Waals surface area contributed by atoms with Crippen LogP contribution < -0.4 is 0 Å². The lowest BCUT2D eigenvalue weighted by atomic mass is 9.87. The Labute approximate surface area is 173 Å². The molecule has 7 heteroatoms. The second-order valence-electron chi connectivity index (χ2n) is 7.29. The minimum Gasteiger partial charge on any atom is -0.335 e. The molecule has 0 fully saturated rings. The van der Waals surface area contributed by atoms with Crippen molar-refractivity contribution in [2.75, 3.05) is 20.7 Å². The standard InChI is InChI=1S/C22H28N2O4S/c1-4-15-24(20-12-9-17-7-5-6-8-19(17)16-20)22(25)18-10-13-21(14-11-18)29(26,27)23(2)28-3/h5-8,10-11,13-14,20H,4,9,12,15-16H2,1-3H3. The summed E-state index contributed by atoms with van der Waals surface area (Å²) in [6.07, 6.45) is 3.63. The maximum Gasteiger partial charge on any atom is 0.264 e. The van der Waals surface area contributed by atoms with E-state index in [1.807, 2.05) is 11.0 Å². The van der Waals surface area contributed by atoms with Gasteiger partial charge in [0.25, 0.3) is 15.9 Å². The van der Waals surface area contributed by atoms with E-state index in [9.17, 15) is 13.2 Å². The monoisotopic (exact) mass is 416 g/mol. The molecule has 0 aliphatic heterocycles. The molecule has 29 heavy (non-hydrogen) atoms. The largest absolute Gasteiger partial charge is 0.335 e. The average Bonchev–Trinajstić information content (AvgIpc) is 2.76. The number of sulfonamides is 1. The lowest BCUT2D eigenvalue weighted by Crippen LogP contribution is -2.44. The minimum atomic E-state index is -3.73. The molecule has 2 aromatic carbocycles. The highest BCUT2D eigenvalue weighted by molar-refractivity contribution is 7.89. The molecular weight excluding hydrogens is 388 g/mol. The predicted octanol–water partition coefficient (Wildman–Crippen LogP) is 3.28. The number of benzene rings is 2. The Balaban J connectivity index is 1.81. The van der Waals surface area contributed by atoms with Crippen molar-refractivity contribution in [3.63, 3.8) is 0 Å². The van der Waals surface area contributed by atoms with Gasteiger partial charge in [-0.25, -0.2) is 8.42 Å². The summed E-state index contributed by atoms with van der Waals surface area (Å²) in [7, 11) is -1.11. The van der Waals surface area contributed by atoms with Crippen molar-refractivity contribution in [3.8, 4) is 0 Å². The van der Waals surface area contributed by atoms with Gasteiger partial charge in [0.2, 0.25) is 0 Å². The van der Waals surface area contributed by atoms with Gasteiger partial charge in [-0.1, -0.05) is 35.7 Å². The maximum atomic E-state index is 13.2. The molecule has 3 rings (SSSR count). The SMILES string of the molecule is CCCN(C(=O)c1ccc(S(=O)(=O)N(C)OC)cc1)C1CCc2ccccc2C1. The Hall–Kier alpha value is -2.22. The number of hydrogen-bond donors (Lipinski definition) is 0. The van der Waals surface area contributed by atoms with Crippen LogP contribution in [0.4, 0.5) is 0 Å². The topological polar surface area (TPSA) is 66.9 Å². The van der Waals surface area contributed by atoms with Crippen molar-refractivity contribution in [2.24, 2.45) is 0 Å². The third-order valence-corrected chi connectivity index (χ3v) is 7.18. The van der Waals surface area contributed by atoms with E-state index >= 15 is 0 Å². The van der Waals surface area contributed by atoms with Crippen LogP contribution in [0.5, 0.6) is 0 Å². The van der Waals surface area contributed by atoms with Crippen LogP contribution in [0.15, 0.2) is 53.4 Å². The first-order valence-corrected chi connectivity index (χ1v) is 11.3. The average molecular weight is 417 g/mol. The molecule has 0 saturated carbocycles. The Morgan fingerprint density at radius 2 is 1.76 bits per heavy atom. The van der Waals surface area contributed by atoms with Gasteiger partial charge in [-0.3, -0.25) is 9.63 Å². The van der Waals surface area contributed by atoms with E-state index in [0.29, 0.717) is 12.1 Å². The summed E-state index contributed by atoms with van der Waals surface area (Å²) in [4.78, 5) is 20.1. The molecule has 156 valence electrons. The van der Waals surface area contributed by atoms with Gasteiger partial charge in [-0.15, -0.1) is 0 Å². The molecule has 1 atom stereocenters. The van der Waals surface area contributed by atoms with Gasteiger partial charge >= 0.3 is 0 Å². The zero-order chi connectivity index (χ0) is 21.0. The van der Waals surface area contributed by atoms with Gasteiger partial charge in [0.1, 0.15) is 0 Å². The molecule has 6 nitrogen and oxygen atoms in total. The van der Waals surface area contributed by atoms with Crippen LogP contribution in [0.2, 0.25) is 0 Å². The summed E-state index contributed by atoms with van der Waals surface area (Å²) in [5, 5.41) is 0. The van der Waals surface area contributed by atoms with E-state index in [-0.39, 0.29) is 16.8 Å². The van der Waals surface area contributed by atoms with Gasteiger partial charge in [0.15, 0.2) is 0 Å². The second kappa shape index (κ2) is 9.07. The lowest BCUT2D eigenvalue weighted by molar-refractivity contribution is -0.0258. The van der Waals surface area contributed by atoms with E-state index in [2.05, 4.69) is 25.1 Å². The van der Waals surface area contributed by atoms with E-state index in [0.717, 1.165) is 30.2 Å². The summed E-state index contributed by atoms with van der Waals surface area (Å²) in [6, 6.07) is 14.6. The number of hydroxylamine groups is 1. The van der Waals surface area contributed by atoms with Crippen molar-refractivity contribution in [2.45, 2.75) is 43.5 Å². The molecule has 0 saturated heterocycles. The second-order valence-corrected chi connectivity index (χ2v) is 9.22. The summed E-state index contributed by atoms with van der Waals surface area (Å²) in [5.41, 5.74) is 3.17. The fraction of sp³-hybridized carbons (Fsp3) is 0.409. The van der Waals surface area contributed by atoms with Gasteiger partial charge in [0, 0.05) is 25.2 Å². The summed E-state index contributed by atoms with van der Waals surface area (Å²) in [6.45, 7) is 2.74. The number of aryl methyl sites for hydroxylation is 1. The zero-order valence-electron chi connectivity index (χ0n) is 17.2. The molecule has 1 aliphatic rings. The summed E-state index contributed by atoms with van der Waals surface area (Å²) >= 11 is 0. The number of carbonyl (C=O) groups excluding carboxylic acids is 1.